The number of hydrogen-bond donors (Lipinski definition) is 0. The molecule has 0 N–H and O–H groups in total. The third kappa shape index (κ3) is 3.03. The first kappa shape index (κ1) is 15.1. The number of ether oxygens (including phenoxy) is 4. The Labute approximate surface area is 124 Å². The van der Waals surface area contributed by atoms with Gasteiger partial charge in [0.25, 0.3) is 0 Å². The molecular formula is C14H23N3O4. The van der Waals surface area contributed by atoms with Gasteiger partial charge in [-0.1, -0.05) is 18.0 Å². The molecule has 7 nitrogen and oxygen atoms in total. The summed E-state index contributed by atoms with van der Waals surface area (Å²) in [7, 11) is 0. The van der Waals surface area contributed by atoms with Gasteiger partial charge >= 0.3 is 0 Å². The Morgan fingerprint density at radius 1 is 1.19 bits per heavy atom. The molecule has 3 rings (SSSR count). The minimum atomic E-state index is -0.696. The predicted octanol–water partition coefficient (Wildman–Crippen LogP) is 2.89. The molecule has 21 heavy (non-hydrogen) atoms. The van der Waals surface area contributed by atoms with E-state index in [4.69, 9.17) is 24.5 Å². The Hall–Kier alpha value is -0.850. The van der Waals surface area contributed by atoms with Crippen LogP contribution in [0.3, 0.4) is 0 Å². The third-order valence-corrected chi connectivity index (χ3v) is 4.40. The van der Waals surface area contributed by atoms with Crippen molar-refractivity contribution in [3.05, 3.63) is 10.4 Å². The fourth-order valence-corrected chi connectivity index (χ4v) is 3.48. The highest BCUT2D eigenvalue weighted by molar-refractivity contribution is 4.99. The maximum atomic E-state index is 8.86. The fourth-order valence-electron chi connectivity index (χ4n) is 3.48. The summed E-state index contributed by atoms with van der Waals surface area (Å²) in [6, 6.07) is -0.515. The third-order valence-electron chi connectivity index (χ3n) is 4.40. The summed E-state index contributed by atoms with van der Waals surface area (Å²) >= 11 is 0. The molecule has 2 saturated heterocycles. The van der Waals surface area contributed by atoms with Gasteiger partial charge in [0.05, 0.1) is 12.2 Å². The van der Waals surface area contributed by atoms with Crippen LogP contribution in [0.1, 0.15) is 46.5 Å². The topological polar surface area (TPSA) is 85.7 Å². The number of hydrogen-bond acceptors (Lipinski definition) is 5. The van der Waals surface area contributed by atoms with E-state index in [0.29, 0.717) is 0 Å². The first-order chi connectivity index (χ1) is 10.00. The molecule has 3 fully saturated rings. The van der Waals surface area contributed by atoms with Gasteiger partial charge in [0.1, 0.15) is 18.2 Å². The summed E-state index contributed by atoms with van der Waals surface area (Å²) in [5.41, 5.74) is 8.86. The molecule has 0 aromatic rings. The summed E-state index contributed by atoms with van der Waals surface area (Å²) < 4.78 is 23.8. The molecule has 118 valence electrons. The minimum Gasteiger partial charge on any atom is -0.349 e. The summed E-state index contributed by atoms with van der Waals surface area (Å²) in [6.07, 6.45) is 3.33. The van der Waals surface area contributed by atoms with Gasteiger partial charge in [-0.3, -0.25) is 0 Å². The van der Waals surface area contributed by atoms with Crippen molar-refractivity contribution in [3.63, 3.8) is 0 Å². The van der Waals surface area contributed by atoms with Crippen LogP contribution in [0.15, 0.2) is 5.11 Å². The quantitative estimate of drug-likeness (QED) is 0.455. The number of fused-ring (bicyclic) bond motifs is 1. The second-order valence-corrected chi connectivity index (χ2v) is 6.51. The largest absolute Gasteiger partial charge is 0.349 e. The molecule has 2 aliphatic heterocycles. The van der Waals surface area contributed by atoms with Gasteiger partial charge in [0, 0.05) is 4.91 Å². The van der Waals surface area contributed by atoms with E-state index in [1.54, 1.807) is 0 Å². The van der Waals surface area contributed by atoms with Gasteiger partial charge in [-0.25, -0.2) is 0 Å². The van der Waals surface area contributed by atoms with Crippen LogP contribution in [0, 0.1) is 0 Å². The SMILES string of the molecule is C[C@H]1O[C@H](OC2CCCC2)[C@H](N=[N+]=[N-])[C@H]2OC(C)(C)O[C@H]21. The van der Waals surface area contributed by atoms with Crippen LogP contribution < -0.4 is 0 Å². The predicted molar refractivity (Wildman–Crippen MR) is 74.4 cm³/mol. The maximum absolute atomic E-state index is 8.86. The highest BCUT2D eigenvalue weighted by atomic mass is 16.8. The summed E-state index contributed by atoms with van der Waals surface area (Å²) in [5, 5.41) is 3.88. The molecule has 1 aliphatic carbocycles. The standard InChI is InChI=1S/C14H23N3O4/c1-8-11-12(21-14(2,3)20-11)10(16-17-15)13(18-8)19-9-6-4-5-7-9/h8-13H,4-7H2,1-3H3/t8-,10-,11+,12-,13-/m1/s1. The van der Waals surface area contributed by atoms with Crippen LogP contribution in [-0.4, -0.2) is 42.5 Å². The van der Waals surface area contributed by atoms with Crippen LogP contribution in [0.4, 0.5) is 0 Å². The van der Waals surface area contributed by atoms with Crippen molar-refractivity contribution in [2.75, 3.05) is 0 Å². The van der Waals surface area contributed by atoms with E-state index in [1.807, 2.05) is 20.8 Å². The molecular weight excluding hydrogens is 274 g/mol. The molecule has 3 aliphatic rings. The van der Waals surface area contributed by atoms with E-state index in [1.165, 1.54) is 12.8 Å². The molecule has 1 saturated carbocycles. The Balaban J connectivity index is 1.78. The molecule has 0 bridgehead atoms. The zero-order valence-corrected chi connectivity index (χ0v) is 12.8. The van der Waals surface area contributed by atoms with Crippen molar-refractivity contribution < 1.29 is 18.9 Å². The number of azide groups is 1. The van der Waals surface area contributed by atoms with E-state index in [-0.39, 0.29) is 24.4 Å². The van der Waals surface area contributed by atoms with E-state index in [0.717, 1.165) is 12.8 Å². The molecule has 0 radical (unpaired) electrons. The molecule has 0 amide bonds. The van der Waals surface area contributed by atoms with Crippen LogP contribution in [0.25, 0.3) is 10.4 Å². The Morgan fingerprint density at radius 3 is 2.52 bits per heavy atom. The van der Waals surface area contributed by atoms with Crippen LogP contribution >= 0.6 is 0 Å². The average molecular weight is 297 g/mol. The first-order valence-corrected chi connectivity index (χ1v) is 7.71. The lowest BCUT2D eigenvalue weighted by atomic mass is 9.98. The van der Waals surface area contributed by atoms with Crippen molar-refractivity contribution in [2.45, 2.75) is 89.0 Å². The number of nitrogens with zero attached hydrogens (tertiary/aromatic N) is 3. The Bertz CT molecular complexity index is 432. The lowest BCUT2D eigenvalue weighted by Gasteiger charge is -2.40. The van der Waals surface area contributed by atoms with Crippen molar-refractivity contribution >= 4 is 0 Å². The lowest BCUT2D eigenvalue weighted by molar-refractivity contribution is -0.249. The summed E-state index contributed by atoms with van der Waals surface area (Å²) in [4.78, 5) is 2.95. The van der Waals surface area contributed by atoms with Crippen molar-refractivity contribution in [1.82, 2.24) is 0 Å². The molecule has 2 heterocycles. The normalized spacial score (nSPS) is 42.5. The van der Waals surface area contributed by atoms with Crippen LogP contribution in [-0.2, 0) is 18.9 Å². The molecule has 0 aromatic carbocycles. The van der Waals surface area contributed by atoms with E-state index in [2.05, 4.69) is 10.0 Å². The minimum absolute atomic E-state index is 0.159. The summed E-state index contributed by atoms with van der Waals surface area (Å²) in [6.45, 7) is 5.66. The van der Waals surface area contributed by atoms with Gasteiger partial charge in [-0.05, 0) is 39.1 Å². The van der Waals surface area contributed by atoms with Crippen molar-refractivity contribution in [1.29, 1.82) is 0 Å². The van der Waals surface area contributed by atoms with Crippen LogP contribution in [0.2, 0.25) is 0 Å². The zero-order valence-electron chi connectivity index (χ0n) is 12.8. The smallest absolute Gasteiger partial charge is 0.169 e. The zero-order chi connectivity index (χ0) is 15.0. The lowest BCUT2D eigenvalue weighted by Crippen LogP contribution is -2.55. The van der Waals surface area contributed by atoms with E-state index in [9.17, 15) is 0 Å². The van der Waals surface area contributed by atoms with Crippen LogP contribution in [0.5, 0.6) is 0 Å². The highest BCUT2D eigenvalue weighted by Gasteiger charge is 2.54. The second-order valence-electron chi connectivity index (χ2n) is 6.51. The van der Waals surface area contributed by atoms with E-state index < -0.39 is 18.1 Å². The average Bonchev–Trinajstić information content (AvgIpc) is 3.01. The number of rotatable bonds is 3. The van der Waals surface area contributed by atoms with Gasteiger partial charge in [-0.2, -0.15) is 0 Å². The van der Waals surface area contributed by atoms with Gasteiger partial charge < -0.3 is 18.9 Å². The summed E-state index contributed by atoms with van der Waals surface area (Å²) in [5.74, 6) is -0.696. The first-order valence-electron chi connectivity index (χ1n) is 7.71. The monoisotopic (exact) mass is 297 g/mol. The Kier molecular flexibility index (Phi) is 4.12. The van der Waals surface area contributed by atoms with Crippen molar-refractivity contribution in [2.24, 2.45) is 5.11 Å². The second kappa shape index (κ2) is 5.74. The molecule has 5 atom stereocenters. The van der Waals surface area contributed by atoms with Crippen molar-refractivity contribution in [3.8, 4) is 0 Å². The van der Waals surface area contributed by atoms with Gasteiger partial charge in [0.15, 0.2) is 12.1 Å². The molecule has 0 unspecified atom stereocenters. The van der Waals surface area contributed by atoms with E-state index >= 15 is 0 Å². The highest BCUT2D eigenvalue weighted by Crippen LogP contribution is 2.39. The maximum Gasteiger partial charge on any atom is 0.169 e. The fraction of sp³-hybridized carbons (Fsp3) is 1.00. The molecule has 0 spiro atoms. The van der Waals surface area contributed by atoms with Gasteiger partial charge in [-0.15, -0.1) is 0 Å². The Morgan fingerprint density at radius 2 is 1.86 bits per heavy atom. The molecule has 7 heteroatoms. The molecule has 0 aromatic heterocycles. The van der Waals surface area contributed by atoms with Gasteiger partial charge in [0.2, 0.25) is 0 Å².